The lowest BCUT2D eigenvalue weighted by Crippen LogP contribution is -2.41. The molecule has 1 aromatic rings. The third-order valence-corrected chi connectivity index (χ3v) is 5.36. The van der Waals surface area contributed by atoms with Crippen LogP contribution >= 0.6 is 0 Å². The molecule has 2 N–H and O–H groups in total. The van der Waals surface area contributed by atoms with Gasteiger partial charge in [0.25, 0.3) is 0 Å². The number of nitrogens with zero attached hydrogens (tertiary/aromatic N) is 1. The molecule has 2 aliphatic rings. The molecule has 2 fully saturated rings. The molecule has 5 heteroatoms. The van der Waals surface area contributed by atoms with Gasteiger partial charge in [-0.25, -0.2) is 4.39 Å². The zero-order chi connectivity index (χ0) is 14.9. The number of rotatable bonds is 3. The Morgan fingerprint density at radius 3 is 2.38 bits per heavy atom. The fourth-order valence-corrected chi connectivity index (χ4v) is 4.00. The van der Waals surface area contributed by atoms with Crippen molar-refractivity contribution in [2.75, 3.05) is 13.1 Å². The lowest BCUT2D eigenvalue weighted by atomic mass is 9.75. The van der Waals surface area contributed by atoms with E-state index in [9.17, 15) is 14.4 Å². The first-order valence-electron chi connectivity index (χ1n) is 7.95. The first-order valence-corrected chi connectivity index (χ1v) is 7.95. The zero-order valence-electron chi connectivity index (χ0n) is 12.4. The number of halogens is 1. The maximum absolute atomic E-state index is 13.3. The summed E-state index contributed by atoms with van der Waals surface area (Å²) >= 11 is 0. The molecular formula is C16H23BFNO2. The Morgan fingerprint density at radius 2 is 1.76 bits per heavy atom. The number of likely N-dealkylation sites (tertiary alicyclic amines) is 1. The van der Waals surface area contributed by atoms with Crippen LogP contribution in [0.15, 0.2) is 18.2 Å². The molecule has 1 aliphatic heterocycles. The topological polar surface area (TPSA) is 43.7 Å². The summed E-state index contributed by atoms with van der Waals surface area (Å²) in [7, 11) is -1.61. The third kappa shape index (κ3) is 3.30. The molecule has 0 aromatic heterocycles. The molecule has 1 heterocycles. The van der Waals surface area contributed by atoms with E-state index in [4.69, 9.17) is 0 Å². The van der Waals surface area contributed by atoms with Gasteiger partial charge in [0.2, 0.25) is 0 Å². The van der Waals surface area contributed by atoms with E-state index in [1.807, 2.05) is 0 Å². The molecular weight excluding hydrogens is 268 g/mol. The van der Waals surface area contributed by atoms with Crippen molar-refractivity contribution in [3.05, 3.63) is 29.6 Å². The standard InChI is InChI=1S/C16H23BFNO2/c18-14-4-3-13(15(11-14)17(20)21)12-19-9-7-16(8-10-19)5-1-2-6-16/h3-4,11,20-21H,1-2,5-10,12H2. The maximum Gasteiger partial charge on any atom is 0.488 e. The SMILES string of the molecule is OB(O)c1cc(F)ccc1CN1CCC2(CCCC2)CC1. The van der Waals surface area contributed by atoms with E-state index < -0.39 is 12.9 Å². The lowest BCUT2D eigenvalue weighted by molar-refractivity contribution is 0.104. The van der Waals surface area contributed by atoms with Crippen molar-refractivity contribution < 1.29 is 14.4 Å². The quantitative estimate of drug-likeness (QED) is 0.833. The molecule has 1 saturated carbocycles. The Morgan fingerprint density at radius 1 is 1.10 bits per heavy atom. The number of benzene rings is 1. The van der Waals surface area contributed by atoms with Crippen molar-refractivity contribution in [3.8, 4) is 0 Å². The van der Waals surface area contributed by atoms with E-state index in [-0.39, 0.29) is 5.46 Å². The highest BCUT2D eigenvalue weighted by Gasteiger charge is 2.36. The molecule has 0 amide bonds. The highest BCUT2D eigenvalue weighted by Crippen LogP contribution is 2.46. The second-order valence-electron chi connectivity index (χ2n) is 6.70. The van der Waals surface area contributed by atoms with E-state index in [1.54, 1.807) is 6.07 Å². The molecule has 0 atom stereocenters. The third-order valence-electron chi connectivity index (χ3n) is 5.36. The molecule has 1 aliphatic carbocycles. The van der Waals surface area contributed by atoms with Gasteiger partial charge in [-0.05, 0) is 67.3 Å². The van der Waals surface area contributed by atoms with Crippen LogP contribution in [0.2, 0.25) is 0 Å². The van der Waals surface area contributed by atoms with Crippen LogP contribution in [0.4, 0.5) is 4.39 Å². The molecule has 3 nitrogen and oxygen atoms in total. The normalized spacial score (nSPS) is 21.9. The zero-order valence-corrected chi connectivity index (χ0v) is 12.4. The fourth-order valence-electron chi connectivity index (χ4n) is 4.00. The summed E-state index contributed by atoms with van der Waals surface area (Å²) in [6.07, 6.45) is 7.98. The molecule has 1 spiro atoms. The molecule has 0 unspecified atom stereocenters. The molecule has 0 radical (unpaired) electrons. The van der Waals surface area contributed by atoms with Gasteiger partial charge in [-0.1, -0.05) is 18.9 Å². The van der Waals surface area contributed by atoms with Crippen LogP contribution in [0.5, 0.6) is 0 Å². The van der Waals surface area contributed by atoms with Crippen LogP contribution in [0.25, 0.3) is 0 Å². The highest BCUT2D eigenvalue weighted by atomic mass is 19.1. The Labute approximate surface area is 125 Å². The van der Waals surface area contributed by atoms with E-state index >= 15 is 0 Å². The van der Waals surface area contributed by atoms with Crippen LogP contribution in [-0.4, -0.2) is 35.2 Å². The molecule has 1 saturated heterocycles. The van der Waals surface area contributed by atoms with Gasteiger partial charge in [-0.2, -0.15) is 0 Å². The summed E-state index contributed by atoms with van der Waals surface area (Å²) < 4.78 is 13.3. The minimum atomic E-state index is -1.61. The van der Waals surface area contributed by atoms with Crippen molar-refractivity contribution in [1.82, 2.24) is 4.90 Å². The van der Waals surface area contributed by atoms with E-state index in [0.29, 0.717) is 12.0 Å². The van der Waals surface area contributed by atoms with Crippen molar-refractivity contribution >= 4 is 12.6 Å². The van der Waals surface area contributed by atoms with Crippen LogP contribution in [-0.2, 0) is 6.54 Å². The van der Waals surface area contributed by atoms with E-state index in [1.165, 1.54) is 50.7 Å². The predicted octanol–water partition coefficient (Wildman–Crippen LogP) is 1.66. The molecule has 21 heavy (non-hydrogen) atoms. The monoisotopic (exact) mass is 291 g/mol. The highest BCUT2D eigenvalue weighted by molar-refractivity contribution is 6.59. The minimum Gasteiger partial charge on any atom is -0.423 e. The maximum atomic E-state index is 13.3. The number of hydrogen-bond acceptors (Lipinski definition) is 3. The Bertz CT molecular complexity index is 493. The Balaban J connectivity index is 1.65. The van der Waals surface area contributed by atoms with E-state index in [0.717, 1.165) is 18.7 Å². The van der Waals surface area contributed by atoms with Crippen molar-refractivity contribution in [2.45, 2.75) is 45.1 Å². The largest absolute Gasteiger partial charge is 0.488 e. The van der Waals surface area contributed by atoms with Crippen molar-refractivity contribution in [1.29, 1.82) is 0 Å². The van der Waals surface area contributed by atoms with Crippen LogP contribution < -0.4 is 5.46 Å². The Hall–Kier alpha value is -0.905. The summed E-state index contributed by atoms with van der Waals surface area (Å²) in [5.41, 5.74) is 1.68. The predicted molar refractivity (Wildman–Crippen MR) is 81.6 cm³/mol. The number of piperidine rings is 1. The van der Waals surface area contributed by atoms with Crippen molar-refractivity contribution in [3.63, 3.8) is 0 Å². The first kappa shape index (κ1) is 15.0. The van der Waals surface area contributed by atoms with Crippen molar-refractivity contribution in [2.24, 2.45) is 5.41 Å². The van der Waals surface area contributed by atoms with Gasteiger partial charge in [-0.3, -0.25) is 4.90 Å². The number of hydrogen-bond donors (Lipinski definition) is 2. The van der Waals surface area contributed by atoms with Gasteiger partial charge >= 0.3 is 7.12 Å². The van der Waals surface area contributed by atoms with Gasteiger partial charge in [0.05, 0.1) is 0 Å². The molecule has 3 rings (SSSR count). The second kappa shape index (κ2) is 6.07. The first-order chi connectivity index (χ1) is 10.1. The Kier molecular flexibility index (Phi) is 4.34. The molecule has 0 bridgehead atoms. The molecule has 1 aromatic carbocycles. The summed E-state index contributed by atoms with van der Waals surface area (Å²) in [6, 6.07) is 4.29. The fraction of sp³-hybridized carbons (Fsp3) is 0.625. The molecule has 114 valence electrons. The van der Waals surface area contributed by atoms with Gasteiger partial charge in [0.1, 0.15) is 5.82 Å². The second-order valence-corrected chi connectivity index (χ2v) is 6.70. The summed E-state index contributed by atoms with van der Waals surface area (Å²) in [6.45, 7) is 2.78. The summed E-state index contributed by atoms with van der Waals surface area (Å²) in [4.78, 5) is 2.35. The average molecular weight is 291 g/mol. The van der Waals surface area contributed by atoms with Gasteiger partial charge in [0.15, 0.2) is 0 Å². The average Bonchev–Trinajstić information content (AvgIpc) is 2.92. The van der Waals surface area contributed by atoms with Crippen LogP contribution in [0.3, 0.4) is 0 Å². The lowest BCUT2D eigenvalue weighted by Gasteiger charge is -2.39. The van der Waals surface area contributed by atoms with Crippen LogP contribution in [0.1, 0.15) is 44.1 Å². The summed E-state index contributed by atoms with van der Waals surface area (Å²) in [5.74, 6) is -0.426. The van der Waals surface area contributed by atoms with Gasteiger partial charge in [-0.15, -0.1) is 0 Å². The van der Waals surface area contributed by atoms with Gasteiger partial charge in [0, 0.05) is 6.54 Å². The van der Waals surface area contributed by atoms with Crippen LogP contribution in [0, 0.1) is 11.2 Å². The minimum absolute atomic E-state index is 0.288. The van der Waals surface area contributed by atoms with Gasteiger partial charge < -0.3 is 10.0 Å². The smallest absolute Gasteiger partial charge is 0.423 e. The summed E-state index contributed by atoms with van der Waals surface area (Å²) in [5, 5.41) is 18.8. The van der Waals surface area contributed by atoms with E-state index in [2.05, 4.69) is 4.90 Å².